The number of benzene rings is 1. The van der Waals surface area contributed by atoms with Crippen molar-refractivity contribution in [2.45, 2.75) is 4.90 Å². The molecule has 74 valence electrons. The lowest BCUT2D eigenvalue weighted by Gasteiger charge is -1.99. The molecule has 1 aromatic rings. The van der Waals surface area contributed by atoms with E-state index in [9.17, 15) is 4.79 Å². The highest BCUT2D eigenvalue weighted by Crippen LogP contribution is 2.22. The monoisotopic (exact) mass is 228 g/mol. The van der Waals surface area contributed by atoms with E-state index in [0.29, 0.717) is 5.56 Å². The Labute approximate surface area is 91.6 Å². The summed E-state index contributed by atoms with van der Waals surface area (Å²) >= 11 is 7.39. The largest absolute Gasteiger partial charge is 0.478 e. The summed E-state index contributed by atoms with van der Waals surface area (Å²) < 4.78 is 0. The van der Waals surface area contributed by atoms with Crippen LogP contribution in [0.5, 0.6) is 0 Å². The van der Waals surface area contributed by atoms with Crippen molar-refractivity contribution >= 4 is 34.4 Å². The molecule has 0 saturated heterocycles. The second kappa shape index (κ2) is 5.08. The van der Waals surface area contributed by atoms with Gasteiger partial charge in [0, 0.05) is 11.0 Å². The van der Waals surface area contributed by atoms with Gasteiger partial charge < -0.3 is 5.11 Å². The van der Waals surface area contributed by atoms with Crippen LogP contribution in [-0.4, -0.2) is 17.3 Å². The van der Waals surface area contributed by atoms with Crippen molar-refractivity contribution in [1.82, 2.24) is 0 Å². The van der Waals surface area contributed by atoms with Crippen molar-refractivity contribution in [3.63, 3.8) is 0 Å². The normalized spacial score (nSPS) is 11.4. The quantitative estimate of drug-likeness (QED) is 0.638. The second-order valence-corrected chi connectivity index (χ2v) is 3.85. The van der Waals surface area contributed by atoms with Gasteiger partial charge in [-0.15, -0.1) is 11.8 Å². The number of carbonyl (C=O) groups is 1. The minimum Gasteiger partial charge on any atom is -0.478 e. The molecule has 0 heterocycles. The minimum atomic E-state index is -1.04. The van der Waals surface area contributed by atoms with Crippen LogP contribution in [-0.2, 0) is 4.79 Å². The molecule has 4 heteroatoms. The first kappa shape index (κ1) is 11.1. The van der Waals surface area contributed by atoms with E-state index in [4.69, 9.17) is 16.7 Å². The zero-order chi connectivity index (χ0) is 10.6. The Kier molecular flexibility index (Phi) is 4.04. The summed E-state index contributed by atoms with van der Waals surface area (Å²) in [5.74, 6) is -1.04. The zero-order valence-corrected chi connectivity index (χ0v) is 9.10. The molecule has 1 aromatic carbocycles. The highest BCUT2D eigenvalue weighted by molar-refractivity contribution is 7.98. The first-order valence-corrected chi connectivity index (χ1v) is 5.48. The van der Waals surface area contributed by atoms with E-state index in [0.717, 1.165) is 11.0 Å². The fourth-order valence-electron chi connectivity index (χ4n) is 0.942. The maximum Gasteiger partial charge on any atom is 0.329 e. The Hall–Kier alpha value is -0.930. The van der Waals surface area contributed by atoms with Gasteiger partial charge >= 0.3 is 5.97 Å². The van der Waals surface area contributed by atoms with Crippen molar-refractivity contribution in [1.29, 1.82) is 0 Å². The second-order valence-electron chi connectivity index (χ2n) is 2.56. The van der Waals surface area contributed by atoms with E-state index in [1.54, 1.807) is 23.9 Å². The highest BCUT2D eigenvalue weighted by Gasteiger charge is 2.00. The number of aliphatic carboxylic acids is 1. The SMILES string of the molecule is CSc1ccc(/C(Cl)=C/C(=O)O)cc1. The summed E-state index contributed by atoms with van der Waals surface area (Å²) in [6.07, 6.45) is 2.96. The third-order valence-corrected chi connectivity index (χ3v) is 2.69. The van der Waals surface area contributed by atoms with Crippen LogP contribution in [0.1, 0.15) is 5.56 Å². The first-order chi connectivity index (χ1) is 6.63. The van der Waals surface area contributed by atoms with E-state index in [2.05, 4.69) is 0 Å². The molecule has 1 rings (SSSR count). The number of hydrogen-bond donors (Lipinski definition) is 1. The van der Waals surface area contributed by atoms with Crippen LogP contribution in [0, 0.1) is 0 Å². The van der Waals surface area contributed by atoms with Gasteiger partial charge in [-0.2, -0.15) is 0 Å². The van der Waals surface area contributed by atoms with Crippen LogP contribution in [0.15, 0.2) is 35.2 Å². The first-order valence-electron chi connectivity index (χ1n) is 3.88. The molecular weight excluding hydrogens is 220 g/mol. The molecule has 1 N–H and O–H groups in total. The predicted molar refractivity (Wildman–Crippen MR) is 59.7 cm³/mol. The van der Waals surface area contributed by atoms with E-state index >= 15 is 0 Å². The molecule has 0 aromatic heterocycles. The van der Waals surface area contributed by atoms with Crippen molar-refractivity contribution in [2.24, 2.45) is 0 Å². The molecule has 0 fully saturated rings. The van der Waals surface area contributed by atoms with Crippen LogP contribution in [0.2, 0.25) is 0 Å². The molecule has 0 atom stereocenters. The number of rotatable bonds is 3. The molecule has 0 aliphatic heterocycles. The maximum absolute atomic E-state index is 10.3. The Morgan fingerprint density at radius 2 is 2.00 bits per heavy atom. The van der Waals surface area contributed by atoms with E-state index in [1.165, 1.54) is 0 Å². The van der Waals surface area contributed by atoms with Crippen LogP contribution >= 0.6 is 23.4 Å². The maximum atomic E-state index is 10.3. The van der Waals surface area contributed by atoms with Crippen LogP contribution in [0.25, 0.3) is 5.03 Å². The summed E-state index contributed by atoms with van der Waals surface area (Å²) in [5, 5.41) is 8.72. The molecule has 0 aliphatic rings. The molecule has 0 aliphatic carbocycles. The van der Waals surface area contributed by atoms with Gasteiger partial charge in [-0.05, 0) is 24.0 Å². The molecule has 0 spiro atoms. The summed E-state index contributed by atoms with van der Waals surface area (Å²) in [4.78, 5) is 11.5. The fraction of sp³-hybridized carbons (Fsp3) is 0.100. The van der Waals surface area contributed by atoms with E-state index in [-0.39, 0.29) is 5.03 Å². The molecule has 2 nitrogen and oxygen atoms in total. The van der Waals surface area contributed by atoms with Crippen molar-refractivity contribution < 1.29 is 9.90 Å². The lowest BCUT2D eigenvalue weighted by atomic mass is 10.2. The van der Waals surface area contributed by atoms with Gasteiger partial charge in [0.25, 0.3) is 0 Å². The summed E-state index contributed by atoms with van der Waals surface area (Å²) in [7, 11) is 0. The molecule has 0 bridgehead atoms. The topological polar surface area (TPSA) is 37.3 Å². The van der Waals surface area contributed by atoms with Gasteiger partial charge in [0.05, 0.1) is 5.03 Å². The van der Waals surface area contributed by atoms with Gasteiger partial charge in [0.15, 0.2) is 0 Å². The van der Waals surface area contributed by atoms with Crippen molar-refractivity contribution in [2.75, 3.05) is 6.26 Å². The lowest BCUT2D eigenvalue weighted by Crippen LogP contribution is -1.88. The number of carboxylic acids is 1. The predicted octanol–water partition coefficient (Wildman–Crippen LogP) is 3.07. The van der Waals surface area contributed by atoms with Crippen LogP contribution < -0.4 is 0 Å². The van der Waals surface area contributed by atoms with Gasteiger partial charge in [-0.1, -0.05) is 23.7 Å². The smallest absolute Gasteiger partial charge is 0.329 e. The third-order valence-electron chi connectivity index (χ3n) is 1.62. The van der Waals surface area contributed by atoms with Crippen molar-refractivity contribution in [3.05, 3.63) is 35.9 Å². The number of halogens is 1. The molecule has 0 saturated carbocycles. The van der Waals surface area contributed by atoms with Crippen LogP contribution in [0.3, 0.4) is 0 Å². The highest BCUT2D eigenvalue weighted by atomic mass is 35.5. The molecule has 0 amide bonds. The van der Waals surface area contributed by atoms with Gasteiger partial charge in [0.2, 0.25) is 0 Å². The summed E-state index contributed by atoms with van der Waals surface area (Å²) in [5.41, 5.74) is 0.715. The van der Waals surface area contributed by atoms with Gasteiger partial charge in [-0.3, -0.25) is 0 Å². The molecular formula is C10H9ClO2S. The summed E-state index contributed by atoms with van der Waals surface area (Å²) in [6, 6.07) is 7.40. The number of hydrogen-bond acceptors (Lipinski definition) is 2. The Balaban J connectivity index is 2.92. The number of thioether (sulfide) groups is 1. The van der Waals surface area contributed by atoms with Crippen molar-refractivity contribution in [3.8, 4) is 0 Å². The van der Waals surface area contributed by atoms with E-state index in [1.807, 2.05) is 18.4 Å². The zero-order valence-electron chi connectivity index (χ0n) is 7.53. The standard InChI is InChI=1S/C10H9ClO2S/c1-14-8-4-2-7(3-5-8)9(11)6-10(12)13/h2-6H,1H3,(H,12,13)/b9-6-. The van der Waals surface area contributed by atoms with Crippen LogP contribution in [0.4, 0.5) is 0 Å². The van der Waals surface area contributed by atoms with Gasteiger partial charge in [0.1, 0.15) is 0 Å². The van der Waals surface area contributed by atoms with Gasteiger partial charge in [-0.25, -0.2) is 4.79 Å². The molecule has 0 unspecified atom stereocenters. The Morgan fingerprint density at radius 3 is 2.43 bits per heavy atom. The molecule has 14 heavy (non-hydrogen) atoms. The Morgan fingerprint density at radius 1 is 1.43 bits per heavy atom. The summed E-state index contributed by atoms with van der Waals surface area (Å²) in [6.45, 7) is 0. The molecule has 0 radical (unpaired) electrons. The third kappa shape index (κ3) is 3.09. The minimum absolute atomic E-state index is 0.241. The average molecular weight is 229 g/mol. The average Bonchev–Trinajstić information content (AvgIpc) is 2.17. The Bertz CT molecular complexity index is 357. The van der Waals surface area contributed by atoms with E-state index < -0.39 is 5.97 Å². The fourth-order valence-corrected chi connectivity index (χ4v) is 1.57. The lowest BCUT2D eigenvalue weighted by molar-refractivity contribution is -0.131. The number of carboxylic acid groups (broad SMARTS) is 1.